The SMILES string of the molecule is Cc1nc(Cl)c(-c2cc(-c3cc(O)c(O)c([N+](=O)[O-])c3)co2)c(C)c1Cl. The Morgan fingerprint density at radius 2 is 1.85 bits per heavy atom. The van der Waals surface area contributed by atoms with E-state index in [0.29, 0.717) is 38.7 Å². The molecule has 0 aliphatic rings. The number of rotatable bonds is 3. The number of phenols is 2. The normalized spacial score (nSPS) is 10.9. The van der Waals surface area contributed by atoms with Crippen LogP contribution in [0.3, 0.4) is 0 Å². The molecule has 0 atom stereocenters. The number of phenolic OH excluding ortho intramolecular Hbond substituents is 2. The zero-order valence-corrected chi connectivity index (χ0v) is 15.1. The minimum Gasteiger partial charge on any atom is -0.504 e. The molecule has 0 spiro atoms. The summed E-state index contributed by atoms with van der Waals surface area (Å²) in [6.45, 7) is 3.51. The first-order chi connectivity index (χ1) is 12.2. The van der Waals surface area contributed by atoms with Gasteiger partial charge in [0.1, 0.15) is 10.9 Å². The van der Waals surface area contributed by atoms with Gasteiger partial charge in [-0.25, -0.2) is 4.98 Å². The van der Waals surface area contributed by atoms with E-state index < -0.39 is 22.1 Å². The van der Waals surface area contributed by atoms with Crippen LogP contribution in [-0.4, -0.2) is 20.1 Å². The lowest BCUT2D eigenvalue weighted by atomic mass is 10.0. The molecule has 2 N–H and O–H groups in total. The van der Waals surface area contributed by atoms with Crippen molar-refractivity contribution in [2.75, 3.05) is 0 Å². The van der Waals surface area contributed by atoms with Gasteiger partial charge in [0.05, 0.1) is 27.5 Å². The van der Waals surface area contributed by atoms with E-state index in [9.17, 15) is 20.3 Å². The van der Waals surface area contributed by atoms with E-state index >= 15 is 0 Å². The van der Waals surface area contributed by atoms with Gasteiger partial charge in [-0.2, -0.15) is 0 Å². The van der Waals surface area contributed by atoms with E-state index in [4.69, 9.17) is 27.6 Å². The maximum absolute atomic E-state index is 11.0. The molecule has 3 aromatic rings. The number of benzene rings is 1. The number of hydrogen-bond donors (Lipinski definition) is 2. The average Bonchev–Trinajstić information content (AvgIpc) is 3.04. The number of furan rings is 1. The van der Waals surface area contributed by atoms with Gasteiger partial charge in [0.25, 0.3) is 0 Å². The number of nitro benzene ring substituents is 1. The molecule has 2 heterocycles. The molecule has 134 valence electrons. The number of nitro groups is 1. The first-order valence-electron chi connectivity index (χ1n) is 7.32. The minimum atomic E-state index is -0.795. The van der Waals surface area contributed by atoms with Crippen molar-refractivity contribution in [1.82, 2.24) is 4.98 Å². The fraction of sp³-hybridized carbons (Fsp3) is 0.118. The number of pyridine rings is 1. The molecular weight excluding hydrogens is 383 g/mol. The van der Waals surface area contributed by atoms with Crippen molar-refractivity contribution in [3.8, 4) is 33.9 Å². The molecule has 3 rings (SSSR count). The van der Waals surface area contributed by atoms with Crippen LogP contribution in [0.1, 0.15) is 11.3 Å². The third-order valence-electron chi connectivity index (χ3n) is 3.94. The van der Waals surface area contributed by atoms with Gasteiger partial charge in [-0.3, -0.25) is 10.1 Å². The summed E-state index contributed by atoms with van der Waals surface area (Å²) >= 11 is 12.4. The number of aromatic nitrogens is 1. The molecule has 0 radical (unpaired) electrons. The Bertz CT molecular complexity index is 1050. The van der Waals surface area contributed by atoms with Gasteiger partial charge in [0, 0.05) is 11.6 Å². The van der Waals surface area contributed by atoms with Crippen molar-refractivity contribution in [1.29, 1.82) is 0 Å². The second kappa shape index (κ2) is 6.51. The highest BCUT2D eigenvalue weighted by Gasteiger charge is 2.22. The molecule has 0 amide bonds. The van der Waals surface area contributed by atoms with Crippen LogP contribution < -0.4 is 0 Å². The Balaban J connectivity index is 2.13. The number of aryl methyl sites for hydroxylation is 1. The van der Waals surface area contributed by atoms with Gasteiger partial charge in [-0.1, -0.05) is 23.2 Å². The lowest BCUT2D eigenvalue weighted by molar-refractivity contribution is -0.385. The maximum Gasteiger partial charge on any atom is 0.315 e. The minimum absolute atomic E-state index is 0.213. The molecular formula is C17H12Cl2N2O5. The van der Waals surface area contributed by atoms with Crippen molar-refractivity contribution < 1.29 is 19.6 Å². The fourth-order valence-corrected chi connectivity index (χ4v) is 3.10. The Hall–Kier alpha value is -2.77. The van der Waals surface area contributed by atoms with Crippen LogP contribution in [0.4, 0.5) is 5.69 Å². The standard InChI is InChI=1S/C17H12Cl2N2O5/c1-7-14(17(19)20-8(2)15(7)18)13-5-10(6-26-13)9-3-11(21(24)25)16(23)12(22)4-9/h3-6,22-23H,1-2H3. The zero-order valence-electron chi connectivity index (χ0n) is 13.6. The summed E-state index contributed by atoms with van der Waals surface area (Å²) in [7, 11) is 0. The lowest BCUT2D eigenvalue weighted by Crippen LogP contribution is -1.93. The van der Waals surface area contributed by atoms with Crippen LogP contribution in [0.15, 0.2) is 28.9 Å². The highest BCUT2D eigenvalue weighted by atomic mass is 35.5. The summed E-state index contributed by atoms with van der Waals surface area (Å²) in [5.74, 6) is -1.03. The van der Waals surface area contributed by atoms with Crippen LogP contribution in [-0.2, 0) is 0 Å². The fourth-order valence-electron chi connectivity index (χ4n) is 2.60. The predicted octanol–water partition coefficient (Wildman–Crippen LogP) is 5.25. The summed E-state index contributed by atoms with van der Waals surface area (Å²) in [5.41, 5.74) is 1.91. The third kappa shape index (κ3) is 2.95. The molecule has 0 aliphatic carbocycles. The van der Waals surface area contributed by atoms with Gasteiger partial charge in [0.2, 0.25) is 5.75 Å². The molecule has 0 aliphatic heterocycles. The van der Waals surface area contributed by atoms with Gasteiger partial charge >= 0.3 is 5.69 Å². The monoisotopic (exact) mass is 394 g/mol. The van der Waals surface area contributed by atoms with Crippen LogP contribution >= 0.6 is 23.2 Å². The Morgan fingerprint density at radius 1 is 1.15 bits per heavy atom. The molecule has 7 nitrogen and oxygen atoms in total. The van der Waals surface area contributed by atoms with Crippen LogP contribution in [0, 0.1) is 24.0 Å². The van der Waals surface area contributed by atoms with E-state index in [-0.39, 0.29) is 5.15 Å². The molecule has 0 saturated carbocycles. The number of aromatic hydroxyl groups is 2. The molecule has 26 heavy (non-hydrogen) atoms. The number of nitrogens with zero attached hydrogens (tertiary/aromatic N) is 2. The summed E-state index contributed by atoms with van der Waals surface area (Å²) in [5, 5.41) is 31.0. The van der Waals surface area contributed by atoms with Crippen molar-refractivity contribution in [2.45, 2.75) is 13.8 Å². The van der Waals surface area contributed by atoms with Gasteiger partial charge in [-0.05, 0) is 37.1 Å². The second-order valence-corrected chi connectivity index (χ2v) is 6.36. The van der Waals surface area contributed by atoms with E-state index in [1.807, 2.05) is 0 Å². The molecule has 0 saturated heterocycles. The summed E-state index contributed by atoms with van der Waals surface area (Å²) in [4.78, 5) is 14.4. The first kappa shape index (κ1) is 18.0. The highest BCUT2D eigenvalue weighted by Crippen LogP contribution is 2.42. The van der Waals surface area contributed by atoms with Gasteiger partial charge in [0.15, 0.2) is 5.75 Å². The molecule has 0 unspecified atom stereocenters. The topological polar surface area (TPSA) is 110 Å². The third-order valence-corrected chi connectivity index (χ3v) is 4.77. The van der Waals surface area contributed by atoms with Crippen LogP contribution in [0.2, 0.25) is 10.2 Å². The van der Waals surface area contributed by atoms with E-state index in [0.717, 1.165) is 6.07 Å². The first-order valence-corrected chi connectivity index (χ1v) is 8.08. The smallest absolute Gasteiger partial charge is 0.315 e. The largest absolute Gasteiger partial charge is 0.504 e. The Morgan fingerprint density at radius 3 is 2.50 bits per heavy atom. The summed E-state index contributed by atoms with van der Waals surface area (Å²) < 4.78 is 5.54. The van der Waals surface area contributed by atoms with Crippen molar-refractivity contribution in [3.63, 3.8) is 0 Å². The molecule has 1 aromatic carbocycles. The quantitative estimate of drug-likeness (QED) is 0.271. The van der Waals surface area contributed by atoms with E-state index in [2.05, 4.69) is 4.98 Å². The van der Waals surface area contributed by atoms with Gasteiger partial charge in [-0.15, -0.1) is 0 Å². The average molecular weight is 395 g/mol. The van der Waals surface area contributed by atoms with Crippen LogP contribution in [0.5, 0.6) is 11.5 Å². The van der Waals surface area contributed by atoms with E-state index in [1.54, 1.807) is 19.9 Å². The van der Waals surface area contributed by atoms with Crippen molar-refractivity contribution >= 4 is 28.9 Å². The molecule has 9 heteroatoms. The number of hydrogen-bond acceptors (Lipinski definition) is 6. The van der Waals surface area contributed by atoms with Crippen molar-refractivity contribution in [2.24, 2.45) is 0 Å². The summed E-state index contributed by atoms with van der Waals surface area (Å²) in [6.07, 6.45) is 1.36. The number of halogens is 2. The Kier molecular flexibility index (Phi) is 4.52. The Labute approximate surface area is 157 Å². The molecule has 0 fully saturated rings. The maximum atomic E-state index is 11.0. The molecule has 2 aromatic heterocycles. The van der Waals surface area contributed by atoms with Crippen LogP contribution in [0.25, 0.3) is 22.5 Å². The second-order valence-electron chi connectivity index (χ2n) is 5.62. The predicted molar refractivity (Wildman–Crippen MR) is 96.9 cm³/mol. The molecule has 0 bridgehead atoms. The summed E-state index contributed by atoms with van der Waals surface area (Å²) in [6, 6.07) is 3.93. The lowest BCUT2D eigenvalue weighted by Gasteiger charge is -2.09. The zero-order chi connectivity index (χ0) is 19.2. The van der Waals surface area contributed by atoms with Gasteiger partial charge < -0.3 is 14.6 Å². The van der Waals surface area contributed by atoms with E-state index in [1.165, 1.54) is 12.3 Å². The van der Waals surface area contributed by atoms with Crippen molar-refractivity contribution in [3.05, 3.63) is 56.0 Å². The highest BCUT2D eigenvalue weighted by molar-refractivity contribution is 6.35.